The summed E-state index contributed by atoms with van der Waals surface area (Å²) < 4.78 is 26.0. The van der Waals surface area contributed by atoms with E-state index in [0.717, 1.165) is 21.7 Å². The minimum absolute atomic E-state index is 0.0503. The van der Waals surface area contributed by atoms with Crippen LogP contribution in [0.4, 0.5) is 0 Å². The molecule has 1 aromatic rings. The fourth-order valence-corrected chi connectivity index (χ4v) is 5.07. The first-order valence-corrected chi connectivity index (χ1v) is 8.25. The standard InChI is InChI=1S/C11H14N2O5S2/c1-12-10(14)8-3-2-4-13(8)20(17,18)9-5-7(6-19-9)11(15)16/h5-6,8H,2-4H2,1H3,(H,12,14)(H,15,16). The minimum Gasteiger partial charge on any atom is -0.478 e. The second kappa shape index (κ2) is 5.51. The number of carboxylic acids is 1. The average Bonchev–Trinajstić information content (AvgIpc) is 3.06. The lowest BCUT2D eigenvalue weighted by Gasteiger charge is -2.21. The van der Waals surface area contributed by atoms with Gasteiger partial charge in [0.15, 0.2) is 0 Å². The molecule has 0 spiro atoms. The Morgan fingerprint density at radius 1 is 1.50 bits per heavy atom. The van der Waals surface area contributed by atoms with E-state index in [9.17, 15) is 18.0 Å². The number of carbonyl (C=O) groups excluding carboxylic acids is 1. The third kappa shape index (κ3) is 2.56. The van der Waals surface area contributed by atoms with Gasteiger partial charge in [-0.2, -0.15) is 4.31 Å². The number of amides is 1. The van der Waals surface area contributed by atoms with E-state index in [1.165, 1.54) is 12.4 Å². The van der Waals surface area contributed by atoms with Crippen molar-refractivity contribution >= 4 is 33.2 Å². The summed E-state index contributed by atoms with van der Waals surface area (Å²) in [5, 5.41) is 12.6. The SMILES string of the molecule is CNC(=O)C1CCCN1S(=O)(=O)c1cc(C(=O)O)cs1. The Bertz CT molecular complexity index is 637. The van der Waals surface area contributed by atoms with Crippen molar-refractivity contribution in [3.63, 3.8) is 0 Å². The highest BCUT2D eigenvalue weighted by Crippen LogP contribution is 2.29. The molecule has 2 rings (SSSR count). The van der Waals surface area contributed by atoms with Gasteiger partial charge in [-0.05, 0) is 18.9 Å². The Morgan fingerprint density at radius 3 is 2.75 bits per heavy atom. The van der Waals surface area contributed by atoms with Crippen LogP contribution in [0.3, 0.4) is 0 Å². The van der Waals surface area contributed by atoms with Crippen LogP contribution in [0.1, 0.15) is 23.2 Å². The molecule has 7 nitrogen and oxygen atoms in total. The first kappa shape index (κ1) is 14.9. The summed E-state index contributed by atoms with van der Waals surface area (Å²) in [6, 6.07) is 0.405. The van der Waals surface area contributed by atoms with Crippen LogP contribution in [-0.4, -0.2) is 49.3 Å². The number of rotatable bonds is 4. The molecular formula is C11H14N2O5S2. The topological polar surface area (TPSA) is 104 Å². The Balaban J connectivity index is 2.33. The molecule has 0 aliphatic carbocycles. The summed E-state index contributed by atoms with van der Waals surface area (Å²) >= 11 is 0.851. The van der Waals surface area contributed by atoms with Crippen LogP contribution in [0, 0.1) is 0 Å². The molecule has 0 aromatic carbocycles. The van der Waals surface area contributed by atoms with Gasteiger partial charge >= 0.3 is 5.97 Å². The van der Waals surface area contributed by atoms with Crippen molar-refractivity contribution in [3.05, 3.63) is 17.0 Å². The van der Waals surface area contributed by atoms with E-state index in [1.807, 2.05) is 0 Å². The van der Waals surface area contributed by atoms with Crippen molar-refractivity contribution in [1.82, 2.24) is 9.62 Å². The van der Waals surface area contributed by atoms with Crippen molar-refractivity contribution in [2.24, 2.45) is 0 Å². The van der Waals surface area contributed by atoms with Crippen LogP contribution in [0.25, 0.3) is 0 Å². The Hall–Kier alpha value is -1.45. The molecule has 1 aliphatic rings. The van der Waals surface area contributed by atoms with Gasteiger partial charge in [0, 0.05) is 19.0 Å². The van der Waals surface area contributed by atoms with Crippen LogP contribution < -0.4 is 5.32 Å². The normalized spacial score (nSPS) is 19.9. The van der Waals surface area contributed by atoms with Gasteiger partial charge in [-0.1, -0.05) is 0 Å². The summed E-state index contributed by atoms with van der Waals surface area (Å²) in [4.78, 5) is 22.5. The van der Waals surface area contributed by atoms with Gasteiger partial charge in [-0.15, -0.1) is 11.3 Å². The third-order valence-corrected chi connectivity index (χ3v) is 6.46. The Labute approximate surface area is 120 Å². The molecule has 0 bridgehead atoms. The Kier molecular flexibility index (Phi) is 4.11. The van der Waals surface area contributed by atoms with Crippen molar-refractivity contribution in [1.29, 1.82) is 0 Å². The first-order valence-electron chi connectivity index (χ1n) is 5.93. The maximum absolute atomic E-state index is 12.5. The fraction of sp³-hybridized carbons (Fsp3) is 0.455. The molecule has 0 radical (unpaired) electrons. The molecule has 2 heterocycles. The van der Waals surface area contributed by atoms with Gasteiger partial charge in [0.25, 0.3) is 10.0 Å². The molecule has 1 fully saturated rings. The zero-order valence-corrected chi connectivity index (χ0v) is 12.3. The third-order valence-electron chi connectivity index (χ3n) is 3.14. The summed E-state index contributed by atoms with van der Waals surface area (Å²) in [5.74, 6) is -1.52. The number of hydrogen-bond acceptors (Lipinski definition) is 5. The highest BCUT2D eigenvalue weighted by atomic mass is 32.2. The van der Waals surface area contributed by atoms with Gasteiger partial charge in [0.05, 0.1) is 5.56 Å². The van der Waals surface area contributed by atoms with Gasteiger partial charge in [-0.3, -0.25) is 4.79 Å². The van der Waals surface area contributed by atoms with Crippen LogP contribution in [-0.2, 0) is 14.8 Å². The number of carbonyl (C=O) groups is 2. The zero-order chi connectivity index (χ0) is 14.9. The summed E-state index contributed by atoms with van der Waals surface area (Å²) in [5.41, 5.74) is -0.0655. The van der Waals surface area contributed by atoms with Gasteiger partial charge in [0.1, 0.15) is 10.3 Å². The number of carboxylic acid groups (broad SMARTS) is 1. The van der Waals surface area contributed by atoms with Crippen molar-refractivity contribution in [2.75, 3.05) is 13.6 Å². The summed E-state index contributed by atoms with van der Waals surface area (Å²) in [6.07, 6.45) is 1.07. The molecule has 0 saturated carbocycles. The molecule has 1 atom stereocenters. The number of aromatic carboxylic acids is 1. The molecule has 1 aromatic heterocycles. The molecule has 1 unspecified atom stereocenters. The van der Waals surface area contributed by atoms with E-state index in [0.29, 0.717) is 12.8 Å². The van der Waals surface area contributed by atoms with Crippen molar-refractivity contribution in [2.45, 2.75) is 23.1 Å². The molecule has 20 heavy (non-hydrogen) atoms. The number of nitrogens with zero attached hydrogens (tertiary/aromatic N) is 1. The molecule has 2 N–H and O–H groups in total. The number of nitrogens with one attached hydrogen (secondary N) is 1. The predicted molar refractivity (Wildman–Crippen MR) is 72.3 cm³/mol. The maximum Gasteiger partial charge on any atom is 0.336 e. The first-order chi connectivity index (χ1) is 9.37. The average molecular weight is 318 g/mol. The lowest BCUT2D eigenvalue weighted by molar-refractivity contribution is -0.123. The lowest BCUT2D eigenvalue weighted by Crippen LogP contribution is -2.44. The Morgan fingerprint density at radius 2 is 2.20 bits per heavy atom. The second-order valence-electron chi connectivity index (χ2n) is 4.35. The molecule has 9 heteroatoms. The molecule has 110 valence electrons. The van der Waals surface area contributed by atoms with Crippen LogP contribution >= 0.6 is 11.3 Å². The molecular weight excluding hydrogens is 304 g/mol. The van der Waals surface area contributed by atoms with Gasteiger partial charge in [-0.25, -0.2) is 13.2 Å². The van der Waals surface area contributed by atoms with Gasteiger partial charge in [0.2, 0.25) is 5.91 Å². The summed E-state index contributed by atoms with van der Waals surface area (Å²) in [6.45, 7) is 0.265. The van der Waals surface area contributed by atoms with E-state index in [1.54, 1.807) is 0 Å². The zero-order valence-electron chi connectivity index (χ0n) is 10.7. The van der Waals surface area contributed by atoms with E-state index in [4.69, 9.17) is 5.11 Å². The van der Waals surface area contributed by atoms with Crippen molar-refractivity contribution < 1.29 is 23.1 Å². The predicted octanol–water partition coefficient (Wildman–Crippen LogP) is 0.345. The smallest absolute Gasteiger partial charge is 0.336 e. The van der Waals surface area contributed by atoms with Crippen molar-refractivity contribution in [3.8, 4) is 0 Å². The molecule has 1 amide bonds. The fourth-order valence-electron chi connectivity index (χ4n) is 2.14. The van der Waals surface area contributed by atoms with E-state index >= 15 is 0 Å². The summed E-state index contributed by atoms with van der Waals surface area (Å²) in [7, 11) is -2.37. The van der Waals surface area contributed by atoms with E-state index in [2.05, 4.69) is 5.32 Å². The highest BCUT2D eigenvalue weighted by molar-refractivity contribution is 7.91. The highest BCUT2D eigenvalue weighted by Gasteiger charge is 2.39. The molecule has 1 aliphatic heterocycles. The van der Waals surface area contributed by atoms with Crippen LogP contribution in [0.5, 0.6) is 0 Å². The number of thiophene rings is 1. The monoisotopic (exact) mass is 318 g/mol. The largest absolute Gasteiger partial charge is 0.478 e. The number of hydrogen-bond donors (Lipinski definition) is 2. The van der Waals surface area contributed by atoms with Crippen LogP contribution in [0.2, 0.25) is 0 Å². The van der Waals surface area contributed by atoms with E-state index in [-0.39, 0.29) is 22.2 Å². The van der Waals surface area contributed by atoms with Crippen LogP contribution in [0.15, 0.2) is 15.7 Å². The number of likely N-dealkylation sites (N-methyl/N-ethyl adjacent to an activating group) is 1. The van der Waals surface area contributed by atoms with Gasteiger partial charge < -0.3 is 10.4 Å². The second-order valence-corrected chi connectivity index (χ2v) is 7.38. The quantitative estimate of drug-likeness (QED) is 0.833. The van der Waals surface area contributed by atoms with E-state index < -0.39 is 22.0 Å². The minimum atomic E-state index is -3.83. The molecule has 1 saturated heterocycles. The number of sulfonamides is 1. The lowest BCUT2D eigenvalue weighted by atomic mass is 10.2. The maximum atomic E-state index is 12.5.